The number of aliphatic hydroxyl groups is 3. The molecule has 1 atom stereocenters. The molecule has 3 N–H and O–H groups in total. The Hall–Kier alpha value is -3.73. The number of aliphatic hydroxyl groups excluding tert-OH is 2. The summed E-state index contributed by atoms with van der Waals surface area (Å²) >= 11 is 0. The van der Waals surface area contributed by atoms with Crippen molar-refractivity contribution in [2.24, 2.45) is 0 Å². The van der Waals surface area contributed by atoms with Crippen LogP contribution < -0.4 is 0 Å². The van der Waals surface area contributed by atoms with Crippen molar-refractivity contribution < 1.29 is 46.4 Å². The van der Waals surface area contributed by atoms with Gasteiger partial charge in [-0.25, -0.2) is 0 Å². The standard InChI is InChI=1S/C14H11F3.C8H7F3O.C6H6.C2H6O2.FH/c15-14(16,17)13(11-7-3-1-4-8-11)12-9-5-2-6-10-12;9-8(10,11)7(12)6-4-2-1-3-5-6;1-2-4-6-5-3-1;1-2(3)4;/h1-10,13H;1-5,7,12H;1-6H;2-4H,1H3;1H. The quantitative estimate of drug-likeness (QED) is 0.173. The van der Waals surface area contributed by atoms with Gasteiger partial charge in [-0.3, -0.25) is 4.70 Å². The van der Waals surface area contributed by atoms with Crippen LogP contribution in [0.4, 0.5) is 31.0 Å². The predicted molar refractivity (Wildman–Crippen MR) is 141 cm³/mol. The van der Waals surface area contributed by atoms with Crippen molar-refractivity contribution in [1.82, 2.24) is 0 Å². The van der Waals surface area contributed by atoms with Gasteiger partial charge in [-0.2, -0.15) is 26.3 Å². The van der Waals surface area contributed by atoms with Crippen LogP contribution in [0.15, 0.2) is 127 Å². The summed E-state index contributed by atoms with van der Waals surface area (Å²) < 4.78 is 74.9. The molecule has 0 fully saturated rings. The van der Waals surface area contributed by atoms with Crippen LogP contribution in [-0.4, -0.2) is 34.0 Å². The number of rotatable bonds is 3. The fourth-order valence-corrected chi connectivity index (χ4v) is 3.07. The topological polar surface area (TPSA) is 60.7 Å². The molecule has 0 aliphatic carbocycles. The van der Waals surface area contributed by atoms with Crippen LogP contribution in [0.1, 0.15) is 35.6 Å². The van der Waals surface area contributed by atoms with E-state index in [1.54, 1.807) is 42.5 Å². The largest absolute Gasteiger partial charge is 0.418 e. The monoisotopic (exact) mass is 572 g/mol. The van der Waals surface area contributed by atoms with E-state index >= 15 is 0 Å². The van der Waals surface area contributed by atoms with Gasteiger partial charge in [0.2, 0.25) is 0 Å². The van der Waals surface area contributed by atoms with Crippen LogP contribution in [0.5, 0.6) is 0 Å². The third-order valence-electron chi connectivity index (χ3n) is 4.69. The molecular formula is C30H31F7O3. The minimum absolute atomic E-state index is 0. The summed E-state index contributed by atoms with van der Waals surface area (Å²) in [4.78, 5) is 0. The zero-order chi connectivity index (χ0) is 29.3. The molecule has 10 heteroatoms. The molecule has 0 radical (unpaired) electrons. The normalized spacial score (nSPS) is 11.4. The van der Waals surface area contributed by atoms with Crippen LogP contribution >= 0.6 is 0 Å². The van der Waals surface area contributed by atoms with Crippen LogP contribution in [0.25, 0.3) is 0 Å². The van der Waals surface area contributed by atoms with Crippen LogP contribution in [0.3, 0.4) is 0 Å². The lowest BCUT2D eigenvalue weighted by Crippen LogP contribution is -2.21. The molecular weight excluding hydrogens is 541 g/mol. The van der Waals surface area contributed by atoms with Crippen molar-refractivity contribution in [1.29, 1.82) is 0 Å². The van der Waals surface area contributed by atoms with E-state index in [4.69, 9.17) is 15.3 Å². The minimum Gasteiger partial charge on any atom is -0.379 e. The van der Waals surface area contributed by atoms with Gasteiger partial charge in [0.25, 0.3) is 0 Å². The van der Waals surface area contributed by atoms with E-state index < -0.39 is 30.7 Å². The molecule has 4 rings (SSSR count). The molecule has 218 valence electrons. The fourth-order valence-electron chi connectivity index (χ4n) is 3.07. The predicted octanol–water partition coefficient (Wildman–Crippen LogP) is 7.82. The highest BCUT2D eigenvalue weighted by atomic mass is 19.4. The van der Waals surface area contributed by atoms with Gasteiger partial charge in [0.1, 0.15) is 12.2 Å². The van der Waals surface area contributed by atoms with Gasteiger partial charge >= 0.3 is 12.4 Å². The second-order valence-corrected chi connectivity index (χ2v) is 7.94. The van der Waals surface area contributed by atoms with Crippen molar-refractivity contribution in [3.63, 3.8) is 0 Å². The molecule has 4 aromatic carbocycles. The Morgan fingerprint density at radius 3 is 0.900 bits per heavy atom. The SMILES string of the molecule is CC(O)O.F.FC(F)(F)C(c1ccccc1)c1ccccc1.OC(c1ccccc1)C(F)(F)F.c1ccccc1. The van der Waals surface area contributed by atoms with Gasteiger partial charge in [0, 0.05) is 0 Å². The molecule has 4 aromatic rings. The van der Waals surface area contributed by atoms with E-state index in [2.05, 4.69) is 0 Å². The maximum absolute atomic E-state index is 13.1. The Balaban J connectivity index is 0.000000574. The van der Waals surface area contributed by atoms with Gasteiger partial charge in [0.15, 0.2) is 6.10 Å². The molecule has 40 heavy (non-hydrogen) atoms. The summed E-state index contributed by atoms with van der Waals surface area (Å²) in [7, 11) is 0. The van der Waals surface area contributed by atoms with Gasteiger partial charge in [-0.1, -0.05) is 127 Å². The summed E-state index contributed by atoms with van der Waals surface area (Å²) in [5.41, 5.74) is 0.405. The summed E-state index contributed by atoms with van der Waals surface area (Å²) in [6.07, 6.45) is -12.4. The van der Waals surface area contributed by atoms with E-state index in [-0.39, 0.29) is 21.4 Å². The van der Waals surface area contributed by atoms with E-state index in [1.807, 2.05) is 36.4 Å². The van der Waals surface area contributed by atoms with E-state index in [0.717, 1.165) is 0 Å². The molecule has 0 bridgehead atoms. The molecule has 0 aliphatic rings. The van der Waals surface area contributed by atoms with Gasteiger partial charge < -0.3 is 15.3 Å². The van der Waals surface area contributed by atoms with E-state index in [9.17, 15) is 26.3 Å². The van der Waals surface area contributed by atoms with Gasteiger partial charge in [0.05, 0.1) is 0 Å². The lowest BCUT2D eigenvalue weighted by atomic mass is 9.91. The molecule has 0 saturated heterocycles. The zero-order valence-electron chi connectivity index (χ0n) is 21.4. The molecule has 0 aliphatic heterocycles. The average Bonchev–Trinajstić information content (AvgIpc) is 2.90. The first-order valence-corrected chi connectivity index (χ1v) is 11.7. The van der Waals surface area contributed by atoms with Crippen LogP contribution in [0, 0.1) is 0 Å². The maximum atomic E-state index is 13.1. The molecule has 0 heterocycles. The molecule has 0 saturated carbocycles. The smallest absolute Gasteiger partial charge is 0.379 e. The fraction of sp³-hybridized carbons (Fsp3) is 0.200. The third kappa shape index (κ3) is 15.0. The number of benzene rings is 4. The Bertz CT molecular complexity index is 1060. The third-order valence-corrected chi connectivity index (χ3v) is 4.69. The summed E-state index contributed by atoms with van der Waals surface area (Å²) in [5.74, 6) is -1.55. The van der Waals surface area contributed by atoms with Crippen molar-refractivity contribution in [2.75, 3.05) is 0 Å². The molecule has 0 spiro atoms. The number of halogens is 7. The van der Waals surface area contributed by atoms with E-state index in [1.165, 1.54) is 55.5 Å². The van der Waals surface area contributed by atoms with E-state index in [0.29, 0.717) is 0 Å². The summed E-state index contributed by atoms with van der Waals surface area (Å²) in [6.45, 7) is 1.28. The van der Waals surface area contributed by atoms with Gasteiger partial charge in [-0.15, -0.1) is 0 Å². The van der Waals surface area contributed by atoms with Crippen molar-refractivity contribution in [3.8, 4) is 0 Å². The van der Waals surface area contributed by atoms with Crippen molar-refractivity contribution in [2.45, 2.75) is 37.6 Å². The summed E-state index contributed by atoms with van der Waals surface area (Å²) in [5, 5.41) is 24.0. The Morgan fingerprint density at radius 2 is 0.675 bits per heavy atom. The lowest BCUT2D eigenvalue weighted by Gasteiger charge is -2.21. The lowest BCUT2D eigenvalue weighted by molar-refractivity contribution is -0.206. The van der Waals surface area contributed by atoms with Crippen LogP contribution in [-0.2, 0) is 0 Å². The maximum Gasteiger partial charge on any atom is 0.418 e. The van der Waals surface area contributed by atoms with Gasteiger partial charge in [-0.05, 0) is 23.6 Å². The first-order chi connectivity index (χ1) is 18.3. The first-order valence-electron chi connectivity index (χ1n) is 11.7. The number of hydrogen-bond donors (Lipinski definition) is 3. The summed E-state index contributed by atoms with van der Waals surface area (Å²) in [6, 6.07) is 34.9. The number of hydrogen-bond acceptors (Lipinski definition) is 3. The second-order valence-electron chi connectivity index (χ2n) is 7.94. The number of alkyl halides is 6. The zero-order valence-corrected chi connectivity index (χ0v) is 21.4. The highest BCUT2D eigenvalue weighted by molar-refractivity contribution is 5.34. The van der Waals surface area contributed by atoms with Crippen molar-refractivity contribution >= 4 is 0 Å². The Kier molecular flexibility index (Phi) is 16.8. The second kappa shape index (κ2) is 18.5. The highest BCUT2D eigenvalue weighted by Gasteiger charge is 2.41. The Labute approximate surface area is 228 Å². The van der Waals surface area contributed by atoms with Crippen molar-refractivity contribution in [3.05, 3.63) is 144 Å². The molecule has 0 amide bonds. The minimum atomic E-state index is -4.58. The highest BCUT2D eigenvalue weighted by Crippen LogP contribution is 2.39. The Morgan fingerprint density at radius 1 is 0.450 bits per heavy atom. The molecule has 3 nitrogen and oxygen atoms in total. The first kappa shape index (κ1) is 36.3. The molecule has 0 aromatic heterocycles. The average molecular weight is 573 g/mol. The van der Waals surface area contributed by atoms with Crippen LogP contribution in [0.2, 0.25) is 0 Å². The molecule has 1 unspecified atom stereocenters.